The molecule has 0 N–H and O–H groups in total. The van der Waals surface area contributed by atoms with E-state index in [-0.39, 0.29) is 5.91 Å². The molecule has 0 saturated heterocycles. The number of amides is 1. The van der Waals surface area contributed by atoms with E-state index in [0.29, 0.717) is 16.9 Å². The summed E-state index contributed by atoms with van der Waals surface area (Å²) in [5, 5.41) is 0. The highest BCUT2D eigenvalue weighted by Crippen LogP contribution is 2.23. The molecule has 0 spiro atoms. The first-order chi connectivity index (χ1) is 11.5. The van der Waals surface area contributed by atoms with Crippen LogP contribution in [0.3, 0.4) is 0 Å². The Morgan fingerprint density at radius 1 is 1.17 bits per heavy atom. The van der Waals surface area contributed by atoms with Gasteiger partial charge in [-0.25, -0.2) is 0 Å². The zero-order valence-electron chi connectivity index (χ0n) is 14.0. The third-order valence-corrected chi connectivity index (χ3v) is 5.09. The Bertz CT molecular complexity index is 1030. The van der Waals surface area contributed by atoms with Gasteiger partial charge < -0.3 is 4.57 Å². The number of aromatic nitrogens is 1. The van der Waals surface area contributed by atoms with E-state index in [1.165, 1.54) is 22.5 Å². The number of nitrogens with zero attached hydrogens (tertiary/aromatic N) is 2. The molecule has 4 heteroatoms. The molecule has 0 aliphatic heterocycles. The number of benzene rings is 2. The summed E-state index contributed by atoms with van der Waals surface area (Å²) in [7, 11) is 0. The van der Waals surface area contributed by atoms with Crippen molar-refractivity contribution in [3.63, 3.8) is 0 Å². The molecule has 3 rings (SSSR count). The molecular weight excluding hydrogens is 316 g/mol. The number of hydrogen-bond acceptors (Lipinski definition) is 2. The van der Waals surface area contributed by atoms with Crippen LogP contribution in [0.25, 0.3) is 10.2 Å². The number of hydrogen-bond donors (Lipinski definition) is 0. The predicted octanol–water partition coefficient (Wildman–Crippen LogP) is 4.00. The van der Waals surface area contributed by atoms with Crippen molar-refractivity contribution in [1.29, 1.82) is 0 Å². The van der Waals surface area contributed by atoms with Gasteiger partial charge in [-0.05, 0) is 50.1 Å². The quantitative estimate of drug-likeness (QED) is 0.652. The van der Waals surface area contributed by atoms with Gasteiger partial charge in [0.2, 0.25) is 0 Å². The minimum Gasteiger partial charge on any atom is -0.305 e. The summed E-state index contributed by atoms with van der Waals surface area (Å²) in [4.78, 5) is 17.5. The van der Waals surface area contributed by atoms with Crippen molar-refractivity contribution in [2.45, 2.75) is 27.3 Å². The Morgan fingerprint density at radius 3 is 2.54 bits per heavy atom. The first-order valence-electron chi connectivity index (χ1n) is 7.69. The van der Waals surface area contributed by atoms with E-state index < -0.39 is 0 Å². The van der Waals surface area contributed by atoms with Gasteiger partial charge in [0.05, 0.1) is 16.8 Å². The van der Waals surface area contributed by atoms with Gasteiger partial charge in [0.25, 0.3) is 5.91 Å². The SMILES string of the molecule is C#CCn1c(=NC(=O)c2ccc(C)cc2)sc2c(C)cc(C)cc21. The van der Waals surface area contributed by atoms with Gasteiger partial charge in [0, 0.05) is 5.56 Å². The van der Waals surface area contributed by atoms with Crippen LogP contribution < -0.4 is 4.80 Å². The molecule has 0 saturated carbocycles. The third kappa shape index (κ3) is 3.04. The summed E-state index contributed by atoms with van der Waals surface area (Å²) in [5.74, 6) is 2.41. The van der Waals surface area contributed by atoms with Crippen LogP contribution in [-0.4, -0.2) is 10.5 Å². The lowest BCUT2D eigenvalue weighted by Crippen LogP contribution is -2.16. The summed E-state index contributed by atoms with van der Waals surface area (Å²) >= 11 is 1.51. The molecule has 0 aliphatic rings. The molecule has 3 nitrogen and oxygen atoms in total. The maximum absolute atomic E-state index is 12.5. The van der Waals surface area contributed by atoms with Gasteiger partial charge >= 0.3 is 0 Å². The van der Waals surface area contributed by atoms with Crippen molar-refractivity contribution in [1.82, 2.24) is 4.57 Å². The maximum Gasteiger partial charge on any atom is 0.279 e. The van der Waals surface area contributed by atoms with Crippen molar-refractivity contribution in [3.05, 3.63) is 63.5 Å². The van der Waals surface area contributed by atoms with Crippen LogP contribution in [0.15, 0.2) is 41.4 Å². The topological polar surface area (TPSA) is 34.4 Å². The average Bonchev–Trinajstić information content (AvgIpc) is 2.87. The number of aryl methyl sites for hydroxylation is 3. The fraction of sp³-hybridized carbons (Fsp3) is 0.200. The first kappa shape index (κ1) is 16.2. The lowest BCUT2D eigenvalue weighted by atomic mass is 10.1. The molecule has 0 fully saturated rings. The Balaban J connectivity index is 2.19. The van der Waals surface area contributed by atoms with Crippen molar-refractivity contribution in [3.8, 4) is 12.3 Å². The Morgan fingerprint density at radius 2 is 1.88 bits per heavy atom. The van der Waals surface area contributed by atoms with Crippen LogP contribution in [0.1, 0.15) is 27.0 Å². The lowest BCUT2D eigenvalue weighted by Gasteiger charge is -2.02. The molecule has 1 aromatic heterocycles. The molecule has 1 heterocycles. The molecule has 0 unspecified atom stereocenters. The number of fused-ring (bicyclic) bond motifs is 1. The molecule has 0 atom stereocenters. The molecule has 0 bridgehead atoms. The fourth-order valence-electron chi connectivity index (χ4n) is 2.69. The van der Waals surface area contributed by atoms with E-state index in [2.05, 4.69) is 36.9 Å². The Hall–Kier alpha value is -2.64. The summed E-state index contributed by atoms with van der Waals surface area (Å²) in [6.07, 6.45) is 5.52. The van der Waals surface area contributed by atoms with Gasteiger partial charge in [-0.15, -0.1) is 6.42 Å². The molecule has 120 valence electrons. The summed E-state index contributed by atoms with van der Waals surface area (Å²) in [6.45, 7) is 6.50. The predicted molar refractivity (Wildman–Crippen MR) is 99.2 cm³/mol. The van der Waals surface area contributed by atoms with E-state index in [4.69, 9.17) is 6.42 Å². The van der Waals surface area contributed by atoms with Gasteiger partial charge in [0.1, 0.15) is 0 Å². The minimum absolute atomic E-state index is 0.248. The second-order valence-electron chi connectivity index (χ2n) is 5.89. The van der Waals surface area contributed by atoms with Crippen molar-refractivity contribution >= 4 is 27.5 Å². The number of thiazole rings is 1. The number of terminal acetylenes is 1. The standard InChI is InChI=1S/C20H18N2OS/c1-5-10-22-17-12-14(3)11-15(4)18(17)24-20(22)21-19(23)16-8-6-13(2)7-9-16/h1,6-9,11-12H,10H2,2-4H3. The molecular formula is C20H18N2OS. The van der Waals surface area contributed by atoms with Crippen LogP contribution in [0.5, 0.6) is 0 Å². The van der Waals surface area contributed by atoms with Gasteiger partial charge in [-0.3, -0.25) is 4.79 Å². The minimum atomic E-state index is -0.248. The van der Waals surface area contributed by atoms with Crippen molar-refractivity contribution in [2.75, 3.05) is 0 Å². The van der Waals surface area contributed by atoms with E-state index in [9.17, 15) is 4.79 Å². The van der Waals surface area contributed by atoms with E-state index in [1.54, 1.807) is 12.1 Å². The van der Waals surface area contributed by atoms with Gasteiger partial charge in [-0.2, -0.15) is 4.99 Å². The monoisotopic (exact) mass is 334 g/mol. The smallest absolute Gasteiger partial charge is 0.279 e. The summed E-state index contributed by atoms with van der Waals surface area (Å²) in [6, 6.07) is 11.6. The van der Waals surface area contributed by atoms with Crippen LogP contribution in [0.4, 0.5) is 0 Å². The zero-order valence-corrected chi connectivity index (χ0v) is 14.8. The molecule has 24 heavy (non-hydrogen) atoms. The maximum atomic E-state index is 12.5. The molecule has 0 radical (unpaired) electrons. The molecule has 2 aromatic carbocycles. The summed E-state index contributed by atoms with van der Waals surface area (Å²) < 4.78 is 3.05. The van der Waals surface area contributed by atoms with Gasteiger partial charge in [0.15, 0.2) is 4.80 Å². The second-order valence-corrected chi connectivity index (χ2v) is 6.87. The fourth-order valence-corrected chi connectivity index (χ4v) is 3.77. The van der Waals surface area contributed by atoms with Crippen molar-refractivity contribution < 1.29 is 4.79 Å². The third-order valence-electron chi connectivity index (χ3n) is 3.86. The average molecular weight is 334 g/mol. The zero-order chi connectivity index (χ0) is 17.3. The van der Waals surface area contributed by atoms with E-state index >= 15 is 0 Å². The largest absolute Gasteiger partial charge is 0.305 e. The van der Waals surface area contributed by atoms with Crippen molar-refractivity contribution in [2.24, 2.45) is 4.99 Å². The Labute approximate surface area is 145 Å². The van der Waals surface area contributed by atoms with E-state index in [0.717, 1.165) is 15.8 Å². The van der Waals surface area contributed by atoms with Gasteiger partial charge in [-0.1, -0.05) is 41.0 Å². The summed E-state index contributed by atoms with van der Waals surface area (Å²) in [5.41, 5.74) is 5.07. The highest BCUT2D eigenvalue weighted by atomic mass is 32.1. The highest BCUT2D eigenvalue weighted by molar-refractivity contribution is 7.16. The molecule has 0 aliphatic carbocycles. The molecule has 1 amide bonds. The highest BCUT2D eigenvalue weighted by Gasteiger charge is 2.11. The number of carbonyl (C=O) groups excluding carboxylic acids is 1. The number of rotatable bonds is 2. The van der Waals surface area contributed by atoms with E-state index in [1.807, 2.05) is 23.6 Å². The van der Waals surface area contributed by atoms with Crippen LogP contribution in [-0.2, 0) is 6.54 Å². The van der Waals surface area contributed by atoms with Crippen LogP contribution >= 0.6 is 11.3 Å². The normalized spacial score (nSPS) is 11.7. The molecule has 3 aromatic rings. The number of carbonyl (C=O) groups is 1. The second kappa shape index (κ2) is 6.46. The Kier molecular flexibility index (Phi) is 4.37. The van der Waals surface area contributed by atoms with Crippen LogP contribution in [0, 0.1) is 33.1 Å². The lowest BCUT2D eigenvalue weighted by molar-refractivity contribution is 0.0998. The van der Waals surface area contributed by atoms with Crippen LogP contribution in [0.2, 0.25) is 0 Å². The first-order valence-corrected chi connectivity index (χ1v) is 8.51.